The minimum atomic E-state index is -0.257. The first-order chi connectivity index (χ1) is 9.63. The average Bonchev–Trinajstić information content (AvgIpc) is 2.36. The zero-order valence-electron chi connectivity index (χ0n) is 12.5. The summed E-state index contributed by atoms with van der Waals surface area (Å²) in [4.78, 5) is 0. The van der Waals surface area contributed by atoms with Gasteiger partial charge in [-0.05, 0) is 86.2 Å². The van der Waals surface area contributed by atoms with Gasteiger partial charge in [-0.25, -0.2) is 0 Å². The minimum Gasteiger partial charge on any atom is -0.388 e. The van der Waals surface area contributed by atoms with Crippen molar-refractivity contribution in [1.82, 2.24) is 0 Å². The topological polar surface area (TPSA) is 20.2 Å². The Labute approximate surface area is 122 Å². The van der Waals surface area contributed by atoms with E-state index in [9.17, 15) is 5.11 Å². The Bertz CT molecular complexity index is 469. The van der Waals surface area contributed by atoms with Crippen LogP contribution in [-0.4, -0.2) is 5.11 Å². The van der Waals surface area contributed by atoms with E-state index in [2.05, 4.69) is 31.2 Å². The summed E-state index contributed by atoms with van der Waals surface area (Å²) in [6.07, 6.45) is 9.37. The summed E-state index contributed by atoms with van der Waals surface area (Å²) in [5.41, 5.74) is 2.86. The average molecular weight is 270 g/mol. The molecule has 0 heterocycles. The van der Waals surface area contributed by atoms with Crippen molar-refractivity contribution in [3.8, 4) is 0 Å². The minimum absolute atomic E-state index is 0.257. The van der Waals surface area contributed by atoms with Crippen molar-refractivity contribution in [2.45, 2.75) is 58.0 Å². The number of rotatable bonds is 3. The first-order valence-electron chi connectivity index (χ1n) is 8.37. The fourth-order valence-corrected chi connectivity index (χ4v) is 6.02. The summed E-state index contributed by atoms with van der Waals surface area (Å²) in [7, 11) is 0. The van der Waals surface area contributed by atoms with Crippen LogP contribution in [0.2, 0.25) is 0 Å². The summed E-state index contributed by atoms with van der Waals surface area (Å²) < 4.78 is 0. The molecule has 0 amide bonds. The standard InChI is InChI=1S/C19H26O/c1-13-4-2-3-5-17(13)18(20)12-19-9-14-6-15(10-19)8-16(7-14)11-19/h2-5,14-16,18,20H,6-12H2,1H3. The third-order valence-corrected chi connectivity index (χ3v) is 6.34. The third-order valence-electron chi connectivity index (χ3n) is 6.34. The van der Waals surface area contributed by atoms with Gasteiger partial charge in [0.1, 0.15) is 0 Å². The van der Waals surface area contributed by atoms with Gasteiger partial charge >= 0.3 is 0 Å². The molecule has 1 heteroatoms. The Morgan fingerprint density at radius 3 is 2.15 bits per heavy atom. The molecule has 1 unspecified atom stereocenters. The second kappa shape index (κ2) is 4.59. The van der Waals surface area contributed by atoms with Gasteiger partial charge in [-0.15, -0.1) is 0 Å². The molecule has 4 fully saturated rings. The maximum atomic E-state index is 10.8. The van der Waals surface area contributed by atoms with Gasteiger partial charge in [0, 0.05) is 0 Å². The van der Waals surface area contributed by atoms with E-state index in [1.54, 1.807) is 0 Å². The lowest BCUT2D eigenvalue weighted by Gasteiger charge is -2.57. The van der Waals surface area contributed by atoms with E-state index in [1.807, 2.05) is 0 Å². The monoisotopic (exact) mass is 270 g/mol. The Hall–Kier alpha value is -0.820. The van der Waals surface area contributed by atoms with Crippen molar-refractivity contribution in [2.24, 2.45) is 23.2 Å². The van der Waals surface area contributed by atoms with Gasteiger partial charge in [0.15, 0.2) is 0 Å². The highest BCUT2D eigenvalue weighted by Crippen LogP contribution is 2.62. The van der Waals surface area contributed by atoms with Crippen LogP contribution in [0.15, 0.2) is 24.3 Å². The SMILES string of the molecule is Cc1ccccc1C(O)CC12CC3CC(CC(C3)C1)C2. The van der Waals surface area contributed by atoms with Gasteiger partial charge in [-0.3, -0.25) is 0 Å². The molecule has 5 rings (SSSR count). The largest absolute Gasteiger partial charge is 0.388 e. The van der Waals surface area contributed by atoms with Gasteiger partial charge in [0.2, 0.25) is 0 Å². The highest BCUT2D eigenvalue weighted by molar-refractivity contribution is 5.28. The molecule has 1 aromatic rings. The van der Waals surface area contributed by atoms with Crippen molar-refractivity contribution in [1.29, 1.82) is 0 Å². The summed E-state index contributed by atoms with van der Waals surface area (Å²) in [6.45, 7) is 2.12. The first kappa shape index (κ1) is 12.9. The molecule has 1 aromatic carbocycles. The van der Waals surface area contributed by atoms with Crippen LogP contribution < -0.4 is 0 Å². The van der Waals surface area contributed by atoms with E-state index >= 15 is 0 Å². The molecule has 4 bridgehead atoms. The maximum Gasteiger partial charge on any atom is 0.0797 e. The quantitative estimate of drug-likeness (QED) is 0.848. The fourth-order valence-electron chi connectivity index (χ4n) is 6.02. The summed E-state index contributed by atoms with van der Waals surface area (Å²) in [5, 5.41) is 10.8. The Morgan fingerprint density at radius 1 is 1.05 bits per heavy atom. The molecule has 4 aliphatic carbocycles. The van der Waals surface area contributed by atoms with E-state index < -0.39 is 0 Å². The Kier molecular flexibility index (Phi) is 2.96. The lowest BCUT2D eigenvalue weighted by atomic mass is 9.48. The van der Waals surface area contributed by atoms with E-state index in [1.165, 1.54) is 44.1 Å². The number of benzene rings is 1. The van der Waals surface area contributed by atoms with Crippen LogP contribution in [0.1, 0.15) is 62.2 Å². The van der Waals surface area contributed by atoms with Crippen LogP contribution in [0.5, 0.6) is 0 Å². The summed E-state index contributed by atoms with van der Waals surface area (Å²) >= 11 is 0. The van der Waals surface area contributed by atoms with Gasteiger partial charge < -0.3 is 5.11 Å². The third kappa shape index (κ3) is 2.11. The van der Waals surface area contributed by atoms with Crippen molar-refractivity contribution in [3.63, 3.8) is 0 Å². The normalized spacial score (nSPS) is 40.0. The second-order valence-electron chi connectivity index (χ2n) is 7.99. The molecule has 108 valence electrons. The van der Waals surface area contributed by atoms with Crippen LogP contribution in [-0.2, 0) is 0 Å². The zero-order chi connectivity index (χ0) is 13.7. The molecule has 0 radical (unpaired) electrons. The molecule has 0 spiro atoms. The second-order valence-corrected chi connectivity index (χ2v) is 7.99. The molecule has 1 atom stereocenters. The summed E-state index contributed by atoms with van der Waals surface area (Å²) in [6, 6.07) is 8.36. The fraction of sp³-hybridized carbons (Fsp3) is 0.684. The highest BCUT2D eigenvalue weighted by Gasteiger charge is 2.51. The van der Waals surface area contributed by atoms with Crippen LogP contribution in [0.3, 0.4) is 0 Å². The molecule has 4 aliphatic rings. The van der Waals surface area contributed by atoms with Crippen LogP contribution in [0, 0.1) is 30.1 Å². The molecule has 0 aromatic heterocycles. The highest BCUT2D eigenvalue weighted by atomic mass is 16.3. The van der Waals surface area contributed by atoms with E-state index in [4.69, 9.17) is 0 Å². The summed E-state index contributed by atoms with van der Waals surface area (Å²) in [5.74, 6) is 2.93. The molecule has 1 N–H and O–H groups in total. The van der Waals surface area contributed by atoms with E-state index in [0.717, 1.165) is 29.7 Å². The predicted octanol–water partition coefficient (Wildman–Crippen LogP) is 4.63. The van der Waals surface area contributed by atoms with Crippen molar-refractivity contribution >= 4 is 0 Å². The van der Waals surface area contributed by atoms with Crippen molar-refractivity contribution < 1.29 is 5.11 Å². The predicted molar refractivity (Wildman–Crippen MR) is 81.4 cm³/mol. The molecule has 1 nitrogen and oxygen atoms in total. The smallest absolute Gasteiger partial charge is 0.0797 e. The Morgan fingerprint density at radius 2 is 1.60 bits per heavy atom. The number of aliphatic hydroxyl groups is 1. The van der Waals surface area contributed by atoms with Gasteiger partial charge in [-0.1, -0.05) is 24.3 Å². The Balaban J connectivity index is 1.55. The molecular weight excluding hydrogens is 244 g/mol. The van der Waals surface area contributed by atoms with Crippen LogP contribution in [0.4, 0.5) is 0 Å². The van der Waals surface area contributed by atoms with Crippen LogP contribution >= 0.6 is 0 Å². The first-order valence-corrected chi connectivity index (χ1v) is 8.37. The molecule has 4 saturated carbocycles. The number of aryl methyl sites for hydroxylation is 1. The van der Waals surface area contributed by atoms with Crippen molar-refractivity contribution in [3.05, 3.63) is 35.4 Å². The lowest BCUT2D eigenvalue weighted by Crippen LogP contribution is -2.46. The number of aliphatic hydroxyl groups excluding tert-OH is 1. The van der Waals surface area contributed by atoms with Crippen LogP contribution in [0.25, 0.3) is 0 Å². The van der Waals surface area contributed by atoms with Gasteiger partial charge in [0.05, 0.1) is 6.10 Å². The molecule has 20 heavy (non-hydrogen) atoms. The van der Waals surface area contributed by atoms with Gasteiger partial charge in [-0.2, -0.15) is 0 Å². The lowest BCUT2D eigenvalue weighted by molar-refractivity contribution is -0.0764. The molecule has 0 saturated heterocycles. The molecular formula is C19H26O. The number of hydrogen-bond donors (Lipinski definition) is 1. The van der Waals surface area contributed by atoms with Crippen molar-refractivity contribution in [2.75, 3.05) is 0 Å². The maximum absolute atomic E-state index is 10.8. The van der Waals surface area contributed by atoms with E-state index in [-0.39, 0.29) is 6.10 Å². The number of hydrogen-bond acceptors (Lipinski definition) is 1. The van der Waals surface area contributed by atoms with Gasteiger partial charge in [0.25, 0.3) is 0 Å². The van der Waals surface area contributed by atoms with E-state index in [0.29, 0.717) is 5.41 Å². The zero-order valence-corrected chi connectivity index (χ0v) is 12.5. The molecule has 0 aliphatic heterocycles.